The fraction of sp³-hybridized carbons (Fsp3) is 0.364. The molecule has 0 N–H and O–H groups in total. The third-order valence-corrected chi connectivity index (χ3v) is 1.76. The second-order valence-corrected chi connectivity index (χ2v) is 3.02. The monoisotopic (exact) mass is 181 g/mol. The Morgan fingerprint density at radius 2 is 2.00 bits per heavy atom. The zero-order chi connectivity index (χ0) is 9.68. The summed E-state index contributed by atoms with van der Waals surface area (Å²) in [6.07, 6.45) is 1.91. The molecule has 0 heterocycles. The number of halogens is 1. The van der Waals surface area contributed by atoms with Crippen LogP contribution in [0.25, 0.3) is 0 Å². The van der Waals surface area contributed by atoms with Gasteiger partial charge in [-0.2, -0.15) is 0 Å². The van der Waals surface area contributed by atoms with Crippen molar-refractivity contribution in [2.24, 2.45) is 0 Å². The Balaban J connectivity index is 2.49. The van der Waals surface area contributed by atoms with Crippen molar-refractivity contribution in [3.05, 3.63) is 37.0 Å². The molecular formula is C11H14FO. The van der Waals surface area contributed by atoms with Gasteiger partial charge in [0.05, 0.1) is 6.10 Å². The highest BCUT2D eigenvalue weighted by molar-refractivity contribution is 5.22. The summed E-state index contributed by atoms with van der Waals surface area (Å²) in [6, 6.07) is 6.06. The maximum Gasteiger partial charge on any atom is 0.123 e. The van der Waals surface area contributed by atoms with Gasteiger partial charge in [-0.1, -0.05) is 6.92 Å². The summed E-state index contributed by atoms with van der Waals surface area (Å²) in [5.74, 6) is 0.472. The molecule has 0 amide bonds. The van der Waals surface area contributed by atoms with Crippen LogP contribution >= 0.6 is 0 Å². The van der Waals surface area contributed by atoms with Crippen LogP contribution in [0.3, 0.4) is 0 Å². The molecule has 1 nitrogen and oxygen atoms in total. The predicted octanol–water partition coefficient (Wildman–Crippen LogP) is 3.21. The van der Waals surface area contributed by atoms with E-state index in [9.17, 15) is 4.39 Å². The van der Waals surface area contributed by atoms with E-state index >= 15 is 0 Å². The van der Waals surface area contributed by atoms with Gasteiger partial charge in [0, 0.05) is 0 Å². The summed E-state index contributed by atoms with van der Waals surface area (Å²) in [5, 5.41) is 0. The van der Waals surface area contributed by atoms with Crippen LogP contribution < -0.4 is 4.74 Å². The van der Waals surface area contributed by atoms with Gasteiger partial charge in [-0.3, -0.25) is 0 Å². The van der Waals surface area contributed by atoms with Crippen LogP contribution in [0.1, 0.15) is 19.8 Å². The highest BCUT2D eigenvalue weighted by Gasteiger charge is 2.01. The summed E-state index contributed by atoms with van der Waals surface area (Å²) in [6.45, 7) is 5.72. The minimum atomic E-state index is -0.239. The highest BCUT2D eigenvalue weighted by atomic mass is 19.1. The summed E-state index contributed by atoms with van der Waals surface area (Å²) >= 11 is 0. The van der Waals surface area contributed by atoms with E-state index in [0.29, 0.717) is 5.75 Å². The SMILES string of the molecule is [CH2]CCC(C)Oc1ccc(F)cc1. The maximum atomic E-state index is 12.5. The van der Waals surface area contributed by atoms with Gasteiger partial charge in [0.15, 0.2) is 0 Å². The van der Waals surface area contributed by atoms with Crippen molar-refractivity contribution in [3.63, 3.8) is 0 Å². The Labute approximate surface area is 78.5 Å². The summed E-state index contributed by atoms with van der Waals surface area (Å²) < 4.78 is 18.0. The smallest absolute Gasteiger partial charge is 0.123 e. The van der Waals surface area contributed by atoms with E-state index in [2.05, 4.69) is 6.92 Å². The topological polar surface area (TPSA) is 9.23 Å². The van der Waals surface area contributed by atoms with E-state index in [-0.39, 0.29) is 11.9 Å². The minimum absolute atomic E-state index is 0.142. The van der Waals surface area contributed by atoms with Crippen molar-refractivity contribution < 1.29 is 9.13 Å². The Morgan fingerprint density at radius 3 is 2.54 bits per heavy atom. The van der Waals surface area contributed by atoms with E-state index in [1.54, 1.807) is 12.1 Å². The molecule has 1 aromatic rings. The normalized spacial score (nSPS) is 12.5. The molecule has 0 aliphatic heterocycles. The predicted molar refractivity (Wildman–Crippen MR) is 51.1 cm³/mol. The van der Waals surface area contributed by atoms with Crippen LogP contribution in [0.5, 0.6) is 5.75 Å². The quantitative estimate of drug-likeness (QED) is 0.693. The number of hydrogen-bond acceptors (Lipinski definition) is 1. The van der Waals surface area contributed by atoms with Crippen molar-refractivity contribution in [2.75, 3.05) is 0 Å². The molecule has 0 fully saturated rings. The van der Waals surface area contributed by atoms with Crippen molar-refractivity contribution >= 4 is 0 Å². The number of benzene rings is 1. The van der Waals surface area contributed by atoms with E-state index in [4.69, 9.17) is 4.74 Å². The zero-order valence-corrected chi connectivity index (χ0v) is 7.79. The van der Waals surface area contributed by atoms with Crippen LogP contribution in [-0.2, 0) is 0 Å². The van der Waals surface area contributed by atoms with Gasteiger partial charge in [0.2, 0.25) is 0 Å². The van der Waals surface area contributed by atoms with Gasteiger partial charge in [-0.15, -0.1) is 0 Å². The van der Waals surface area contributed by atoms with Crippen LogP contribution in [0.4, 0.5) is 4.39 Å². The van der Waals surface area contributed by atoms with Crippen LogP contribution in [0.2, 0.25) is 0 Å². The number of ether oxygens (including phenoxy) is 1. The molecule has 13 heavy (non-hydrogen) atoms. The molecule has 2 heteroatoms. The Morgan fingerprint density at radius 1 is 1.38 bits per heavy atom. The van der Waals surface area contributed by atoms with E-state index in [0.717, 1.165) is 12.8 Å². The molecule has 0 saturated heterocycles. The molecule has 0 aliphatic rings. The number of hydrogen-bond donors (Lipinski definition) is 0. The molecule has 0 aromatic heterocycles. The van der Waals surface area contributed by atoms with Gasteiger partial charge < -0.3 is 4.74 Å². The first kappa shape index (κ1) is 10.0. The average Bonchev–Trinajstić information content (AvgIpc) is 2.09. The number of rotatable bonds is 4. The molecule has 1 radical (unpaired) electrons. The Kier molecular flexibility index (Phi) is 3.74. The zero-order valence-electron chi connectivity index (χ0n) is 7.79. The van der Waals surface area contributed by atoms with Crippen molar-refractivity contribution in [1.82, 2.24) is 0 Å². The first-order valence-electron chi connectivity index (χ1n) is 4.44. The molecular weight excluding hydrogens is 167 g/mol. The highest BCUT2D eigenvalue weighted by Crippen LogP contribution is 2.14. The van der Waals surface area contributed by atoms with Gasteiger partial charge in [0.1, 0.15) is 11.6 Å². The van der Waals surface area contributed by atoms with E-state index < -0.39 is 0 Å². The van der Waals surface area contributed by atoms with Gasteiger partial charge in [-0.05, 0) is 44.0 Å². The van der Waals surface area contributed by atoms with Gasteiger partial charge in [-0.25, -0.2) is 4.39 Å². The van der Waals surface area contributed by atoms with Crippen molar-refractivity contribution in [3.8, 4) is 5.75 Å². The Bertz CT molecular complexity index is 243. The minimum Gasteiger partial charge on any atom is -0.491 e. The first-order valence-corrected chi connectivity index (χ1v) is 4.44. The lowest BCUT2D eigenvalue weighted by Crippen LogP contribution is -2.10. The first-order chi connectivity index (χ1) is 6.22. The van der Waals surface area contributed by atoms with Crippen LogP contribution in [0, 0.1) is 12.7 Å². The Hall–Kier alpha value is -1.05. The molecule has 0 aliphatic carbocycles. The molecule has 1 atom stereocenters. The molecule has 71 valence electrons. The molecule has 1 rings (SSSR count). The fourth-order valence-electron chi connectivity index (χ4n) is 1.09. The van der Waals surface area contributed by atoms with E-state index in [1.165, 1.54) is 12.1 Å². The second kappa shape index (κ2) is 4.85. The summed E-state index contributed by atoms with van der Waals surface area (Å²) in [7, 11) is 0. The third-order valence-electron chi connectivity index (χ3n) is 1.76. The maximum absolute atomic E-state index is 12.5. The van der Waals surface area contributed by atoms with Crippen LogP contribution in [-0.4, -0.2) is 6.10 Å². The van der Waals surface area contributed by atoms with Crippen LogP contribution in [0.15, 0.2) is 24.3 Å². The average molecular weight is 181 g/mol. The lowest BCUT2D eigenvalue weighted by atomic mass is 10.2. The van der Waals surface area contributed by atoms with Crippen molar-refractivity contribution in [1.29, 1.82) is 0 Å². The molecule has 1 aromatic carbocycles. The molecule has 0 bridgehead atoms. The fourth-order valence-corrected chi connectivity index (χ4v) is 1.09. The second-order valence-electron chi connectivity index (χ2n) is 3.02. The van der Waals surface area contributed by atoms with Crippen molar-refractivity contribution in [2.45, 2.75) is 25.9 Å². The standard InChI is InChI=1S/C11H14FO/c1-3-4-9(2)13-11-7-5-10(12)6-8-11/h5-9H,1,3-4H2,2H3. The lowest BCUT2D eigenvalue weighted by molar-refractivity contribution is 0.212. The largest absolute Gasteiger partial charge is 0.491 e. The molecule has 1 unspecified atom stereocenters. The molecule has 0 saturated carbocycles. The van der Waals surface area contributed by atoms with Gasteiger partial charge >= 0.3 is 0 Å². The molecule has 0 spiro atoms. The van der Waals surface area contributed by atoms with Gasteiger partial charge in [0.25, 0.3) is 0 Å². The van der Waals surface area contributed by atoms with E-state index in [1.807, 2.05) is 6.92 Å². The third kappa shape index (κ3) is 3.45. The lowest BCUT2D eigenvalue weighted by Gasteiger charge is -2.13. The summed E-state index contributed by atoms with van der Waals surface area (Å²) in [5.41, 5.74) is 0. The summed E-state index contributed by atoms with van der Waals surface area (Å²) in [4.78, 5) is 0.